The number of cyclic esters (lactones) is 1. The zero-order valence-corrected chi connectivity index (χ0v) is 25.5. The molecule has 0 radical (unpaired) electrons. The second-order valence-electron chi connectivity index (χ2n) is 10.7. The third-order valence-corrected chi connectivity index (χ3v) is 8.82. The Kier molecular flexibility index (Phi) is 10.5. The fourth-order valence-corrected chi connectivity index (χ4v) is 6.32. The summed E-state index contributed by atoms with van der Waals surface area (Å²) in [5.74, 6) is -2.13. The molecule has 3 aliphatic heterocycles. The summed E-state index contributed by atoms with van der Waals surface area (Å²) in [5.41, 5.74) is 0.293. The summed E-state index contributed by atoms with van der Waals surface area (Å²) in [6.07, 6.45) is 1.01. The number of halogens is 2. The molecule has 236 valence electrons. The van der Waals surface area contributed by atoms with E-state index in [9.17, 15) is 24.0 Å². The summed E-state index contributed by atoms with van der Waals surface area (Å²) in [6, 6.07) is 6.99. The van der Waals surface area contributed by atoms with Crippen molar-refractivity contribution in [2.75, 3.05) is 55.7 Å². The SMILES string of the molecule is O=C(NCCCCC(=O)N(C[C@H]1CN(c2ccc(N3CCOCC3=O)cc2F)C(=O)O1)C(=O)c1ccc(Cl)s1)[C@@H]1CCCN1. The van der Waals surface area contributed by atoms with Gasteiger partial charge in [-0.15, -0.1) is 11.3 Å². The van der Waals surface area contributed by atoms with Gasteiger partial charge < -0.3 is 25.0 Å². The molecule has 3 saturated heterocycles. The lowest BCUT2D eigenvalue weighted by Gasteiger charge is -2.27. The first-order valence-electron chi connectivity index (χ1n) is 14.5. The third kappa shape index (κ3) is 7.54. The topological polar surface area (TPSA) is 138 Å². The van der Waals surface area contributed by atoms with Gasteiger partial charge in [0.1, 0.15) is 18.5 Å². The minimum atomic E-state index is -0.913. The van der Waals surface area contributed by atoms with Crippen LogP contribution < -0.4 is 20.4 Å². The van der Waals surface area contributed by atoms with Gasteiger partial charge in [-0.2, -0.15) is 0 Å². The molecule has 4 heterocycles. The molecule has 0 spiro atoms. The molecule has 0 saturated carbocycles. The number of amides is 5. The number of carbonyl (C=O) groups excluding carboxylic acids is 5. The van der Waals surface area contributed by atoms with E-state index in [4.69, 9.17) is 21.1 Å². The van der Waals surface area contributed by atoms with E-state index in [1.54, 1.807) is 6.07 Å². The largest absolute Gasteiger partial charge is 0.442 e. The molecule has 44 heavy (non-hydrogen) atoms. The lowest BCUT2D eigenvalue weighted by molar-refractivity contribution is -0.129. The summed E-state index contributed by atoms with van der Waals surface area (Å²) < 4.78 is 26.1. The van der Waals surface area contributed by atoms with Crippen molar-refractivity contribution < 1.29 is 37.8 Å². The lowest BCUT2D eigenvalue weighted by Crippen LogP contribution is -2.43. The number of carbonyl (C=O) groups is 5. The molecule has 3 aliphatic rings. The second-order valence-corrected chi connectivity index (χ2v) is 12.4. The first-order valence-corrected chi connectivity index (χ1v) is 15.7. The van der Waals surface area contributed by atoms with E-state index < -0.39 is 29.8 Å². The van der Waals surface area contributed by atoms with Crippen LogP contribution in [0.2, 0.25) is 4.34 Å². The number of imide groups is 1. The highest BCUT2D eigenvalue weighted by Crippen LogP contribution is 2.30. The Morgan fingerprint density at radius 1 is 1.16 bits per heavy atom. The zero-order chi connectivity index (χ0) is 31.2. The van der Waals surface area contributed by atoms with Crippen molar-refractivity contribution >= 4 is 64.0 Å². The Balaban J connectivity index is 1.21. The molecule has 12 nitrogen and oxygen atoms in total. The Hall–Kier alpha value is -3.59. The highest BCUT2D eigenvalue weighted by atomic mass is 35.5. The first kappa shape index (κ1) is 31.8. The fraction of sp³-hybridized carbons (Fsp3) is 0.483. The maximum atomic E-state index is 15.2. The van der Waals surface area contributed by atoms with Crippen molar-refractivity contribution in [2.24, 2.45) is 0 Å². The van der Waals surface area contributed by atoms with Gasteiger partial charge in [0.05, 0.1) is 40.6 Å². The summed E-state index contributed by atoms with van der Waals surface area (Å²) in [7, 11) is 0. The summed E-state index contributed by atoms with van der Waals surface area (Å²) in [6.45, 7) is 1.40. The van der Waals surface area contributed by atoms with Gasteiger partial charge in [0.15, 0.2) is 0 Å². The van der Waals surface area contributed by atoms with E-state index in [2.05, 4.69) is 10.6 Å². The van der Waals surface area contributed by atoms with Gasteiger partial charge in [-0.3, -0.25) is 29.0 Å². The monoisotopic (exact) mass is 649 g/mol. The number of hydrogen-bond donors (Lipinski definition) is 2. The Morgan fingerprint density at radius 2 is 2.00 bits per heavy atom. The van der Waals surface area contributed by atoms with Crippen LogP contribution >= 0.6 is 22.9 Å². The van der Waals surface area contributed by atoms with Crippen LogP contribution in [0.25, 0.3) is 0 Å². The molecular weight excluding hydrogens is 617 g/mol. The number of hydrogen-bond acceptors (Lipinski definition) is 9. The number of unbranched alkanes of at least 4 members (excludes halogenated alkanes) is 1. The summed E-state index contributed by atoms with van der Waals surface area (Å²) in [5, 5.41) is 6.00. The van der Waals surface area contributed by atoms with E-state index in [0.29, 0.717) is 36.0 Å². The minimum absolute atomic E-state index is 0.0309. The molecular formula is C29H33ClFN5O7S. The standard InChI is InChI=1S/C29H33ClFN5O7S/c30-24-9-8-23(44-24)28(40)36(25(37)5-1-2-10-33-27(39)21-4-3-11-32-21)16-19-15-35(29(41)43-19)22-7-6-18(14-20(22)31)34-12-13-42-17-26(34)38/h6-9,14,19,21,32H,1-5,10-13,15-17H2,(H,33,39)/t19-,21+/m1/s1. The van der Waals surface area contributed by atoms with Crippen LogP contribution in [0, 0.1) is 5.82 Å². The van der Waals surface area contributed by atoms with Crippen molar-refractivity contribution in [3.05, 3.63) is 45.4 Å². The van der Waals surface area contributed by atoms with Crippen LogP contribution in [0.3, 0.4) is 0 Å². The molecule has 1 aromatic heterocycles. The number of ether oxygens (including phenoxy) is 2. The number of rotatable bonds is 11. The second kappa shape index (κ2) is 14.5. The Morgan fingerprint density at radius 3 is 2.70 bits per heavy atom. The van der Waals surface area contributed by atoms with Crippen LogP contribution in [0.15, 0.2) is 30.3 Å². The molecule has 15 heteroatoms. The highest BCUT2D eigenvalue weighted by Gasteiger charge is 2.38. The zero-order valence-electron chi connectivity index (χ0n) is 23.9. The van der Waals surface area contributed by atoms with Crippen LogP contribution in [0.5, 0.6) is 0 Å². The van der Waals surface area contributed by atoms with Crippen molar-refractivity contribution in [3.8, 4) is 0 Å². The maximum Gasteiger partial charge on any atom is 0.414 e. The number of benzene rings is 1. The van der Waals surface area contributed by atoms with Crippen LogP contribution in [-0.2, 0) is 23.9 Å². The molecule has 1 aromatic carbocycles. The molecule has 2 aromatic rings. The van der Waals surface area contributed by atoms with Crippen LogP contribution in [0.4, 0.5) is 20.6 Å². The number of nitrogens with one attached hydrogen (secondary N) is 2. The molecule has 2 atom stereocenters. The fourth-order valence-electron chi connectivity index (χ4n) is 5.33. The van der Waals surface area contributed by atoms with E-state index >= 15 is 4.39 Å². The quantitative estimate of drug-likeness (QED) is 0.355. The van der Waals surface area contributed by atoms with Gasteiger partial charge in [0.2, 0.25) is 11.8 Å². The normalized spacial score (nSPS) is 20.1. The predicted octanol–water partition coefficient (Wildman–Crippen LogP) is 2.94. The number of thiophene rings is 1. The van der Waals surface area contributed by atoms with Gasteiger partial charge in [-0.25, -0.2) is 9.18 Å². The van der Waals surface area contributed by atoms with E-state index in [0.717, 1.165) is 40.5 Å². The average molecular weight is 650 g/mol. The molecule has 5 amide bonds. The molecule has 5 rings (SSSR count). The third-order valence-electron chi connectivity index (χ3n) is 7.60. The minimum Gasteiger partial charge on any atom is -0.442 e. The molecule has 0 unspecified atom stereocenters. The Labute approximate surface area is 262 Å². The van der Waals surface area contributed by atoms with Crippen LogP contribution in [-0.4, -0.2) is 92.7 Å². The number of nitrogens with zero attached hydrogens (tertiary/aromatic N) is 3. The molecule has 3 fully saturated rings. The molecule has 0 bridgehead atoms. The summed E-state index contributed by atoms with van der Waals surface area (Å²) in [4.78, 5) is 67.5. The first-order chi connectivity index (χ1) is 21.2. The van der Waals surface area contributed by atoms with E-state index in [1.807, 2.05) is 0 Å². The number of anilines is 2. The van der Waals surface area contributed by atoms with Crippen molar-refractivity contribution in [1.82, 2.24) is 15.5 Å². The van der Waals surface area contributed by atoms with Crippen LogP contribution in [0.1, 0.15) is 41.8 Å². The maximum absolute atomic E-state index is 15.2. The van der Waals surface area contributed by atoms with Gasteiger partial charge >= 0.3 is 6.09 Å². The van der Waals surface area contributed by atoms with Crippen molar-refractivity contribution in [1.29, 1.82) is 0 Å². The van der Waals surface area contributed by atoms with Crippen molar-refractivity contribution in [2.45, 2.75) is 44.2 Å². The smallest absolute Gasteiger partial charge is 0.414 e. The van der Waals surface area contributed by atoms with Gasteiger partial charge in [0.25, 0.3) is 11.8 Å². The average Bonchev–Trinajstić information content (AvgIpc) is 3.77. The van der Waals surface area contributed by atoms with Gasteiger partial charge in [-0.05, 0) is 62.6 Å². The Bertz CT molecular complexity index is 1420. The number of morpholine rings is 1. The predicted molar refractivity (Wildman–Crippen MR) is 160 cm³/mol. The van der Waals surface area contributed by atoms with E-state index in [-0.39, 0.29) is 61.1 Å². The highest BCUT2D eigenvalue weighted by molar-refractivity contribution is 7.18. The van der Waals surface area contributed by atoms with Gasteiger partial charge in [0, 0.05) is 25.2 Å². The van der Waals surface area contributed by atoms with Gasteiger partial charge in [-0.1, -0.05) is 11.6 Å². The van der Waals surface area contributed by atoms with Crippen molar-refractivity contribution in [3.63, 3.8) is 0 Å². The lowest BCUT2D eigenvalue weighted by atomic mass is 10.2. The van der Waals surface area contributed by atoms with E-state index in [1.165, 1.54) is 29.2 Å². The molecule has 2 N–H and O–H groups in total. The summed E-state index contributed by atoms with van der Waals surface area (Å²) >= 11 is 7.05. The molecule has 0 aliphatic carbocycles.